The molecular formula is C15H13ClF2N4O4S. The Hall–Kier alpha value is -2.66. The number of nitrogens with zero attached hydrogens (tertiary/aromatic N) is 2. The van der Waals surface area contributed by atoms with Gasteiger partial charge in [-0.3, -0.25) is 4.72 Å². The van der Waals surface area contributed by atoms with Gasteiger partial charge < -0.3 is 14.5 Å². The number of anilines is 1. The van der Waals surface area contributed by atoms with Gasteiger partial charge in [-0.05, 0) is 12.1 Å². The minimum Gasteiger partial charge on any atom is -0.479 e. The van der Waals surface area contributed by atoms with E-state index in [1.54, 1.807) is 0 Å². The van der Waals surface area contributed by atoms with Crippen LogP contribution in [-0.2, 0) is 10.0 Å². The summed E-state index contributed by atoms with van der Waals surface area (Å²) in [6, 6.07) is 3.76. The third-order valence-corrected chi connectivity index (χ3v) is 5.03. The van der Waals surface area contributed by atoms with Gasteiger partial charge in [-0.25, -0.2) is 22.2 Å². The summed E-state index contributed by atoms with van der Waals surface area (Å²) >= 11 is 5.78. The highest BCUT2D eigenvalue weighted by molar-refractivity contribution is 7.93. The van der Waals surface area contributed by atoms with Crippen molar-refractivity contribution in [2.24, 2.45) is 0 Å². The highest BCUT2D eigenvalue weighted by Gasteiger charge is 2.23. The number of rotatable bonds is 7. The first kappa shape index (κ1) is 19.1. The van der Waals surface area contributed by atoms with Crippen LogP contribution in [0.3, 0.4) is 0 Å². The molecule has 0 aliphatic carbocycles. The fraction of sp³-hybridized carbons (Fsp3) is 0.200. The number of fused-ring (bicyclic) bond motifs is 1. The molecule has 0 radical (unpaired) electrons. The Morgan fingerprint density at radius 1 is 1.30 bits per heavy atom. The van der Waals surface area contributed by atoms with E-state index in [2.05, 4.69) is 19.7 Å². The fourth-order valence-corrected chi connectivity index (χ4v) is 3.66. The van der Waals surface area contributed by atoms with Gasteiger partial charge in [-0.1, -0.05) is 11.6 Å². The maximum atomic E-state index is 14.1. The molecule has 0 bridgehead atoms. The molecule has 0 saturated heterocycles. The summed E-state index contributed by atoms with van der Waals surface area (Å²) in [6.07, 6.45) is 1.23. The predicted octanol–water partition coefficient (Wildman–Crippen LogP) is 2.91. The van der Waals surface area contributed by atoms with E-state index >= 15 is 0 Å². The van der Waals surface area contributed by atoms with Crippen LogP contribution in [0.25, 0.3) is 11.0 Å². The first-order valence-corrected chi connectivity index (χ1v) is 9.31. The van der Waals surface area contributed by atoms with Crippen LogP contribution in [0, 0.1) is 5.82 Å². The maximum Gasteiger partial charge on any atom is 0.264 e. The number of ether oxygens (including phenoxy) is 2. The zero-order chi connectivity index (χ0) is 19.6. The van der Waals surface area contributed by atoms with E-state index in [0.29, 0.717) is 5.39 Å². The second-order valence-electron chi connectivity index (χ2n) is 5.16. The number of methoxy groups -OCH3 is 1. The quantitative estimate of drug-likeness (QED) is 0.571. The van der Waals surface area contributed by atoms with Crippen LogP contribution < -0.4 is 14.2 Å². The Bertz CT molecular complexity index is 1090. The van der Waals surface area contributed by atoms with Crippen molar-refractivity contribution in [3.05, 3.63) is 35.4 Å². The molecule has 0 amide bonds. The summed E-state index contributed by atoms with van der Waals surface area (Å²) in [5.41, 5.74) is 0.0213. The molecule has 0 aromatic carbocycles. The highest BCUT2D eigenvalue weighted by atomic mass is 35.5. The van der Waals surface area contributed by atoms with Crippen LogP contribution in [-0.4, -0.2) is 43.8 Å². The van der Waals surface area contributed by atoms with Crippen LogP contribution in [0.4, 0.5) is 14.5 Å². The predicted molar refractivity (Wildman–Crippen MR) is 94.1 cm³/mol. The summed E-state index contributed by atoms with van der Waals surface area (Å²) in [5, 5.41) is 0.486. The summed E-state index contributed by atoms with van der Waals surface area (Å²) in [4.78, 5) is 10.3. The third kappa shape index (κ3) is 3.88. The molecule has 3 heterocycles. The van der Waals surface area contributed by atoms with Crippen molar-refractivity contribution in [3.8, 4) is 11.8 Å². The Balaban J connectivity index is 1.98. The smallest absolute Gasteiger partial charge is 0.264 e. The molecule has 0 fully saturated rings. The van der Waals surface area contributed by atoms with Gasteiger partial charge in [0.05, 0.1) is 7.11 Å². The van der Waals surface area contributed by atoms with Crippen LogP contribution in [0.15, 0.2) is 29.3 Å². The number of hydrogen-bond acceptors (Lipinski definition) is 6. The second-order valence-corrected chi connectivity index (χ2v) is 7.20. The van der Waals surface area contributed by atoms with Gasteiger partial charge in [-0.15, -0.1) is 0 Å². The van der Waals surface area contributed by atoms with E-state index in [-0.39, 0.29) is 27.3 Å². The standard InChI is InChI=1S/C15H13ClF2N4O4S/c1-25-15-10(6-9(18)14(21-15)26-5-4-17)22-27(23,24)11-7-19-13-8(11)2-3-12(16)20-13/h2-3,6-7,22H,4-5H2,1H3,(H,19,20). The summed E-state index contributed by atoms with van der Waals surface area (Å²) in [6.45, 7) is -1.24. The number of aromatic amines is 1. The number of hydrogen-bond donors (Lipinski definition) is 2. The Kier molecular flexibility index (Phi) is 5.33. The topological polar surface area (TPSA) is 106 Å². The first-order chi connectivity index (χ1) is 12.9. The van der Waals surface area contributed by atoms with Gasteiger partial charge in [0.15, 0.2) is 5.82 Å². The minimum atomic E-state index is -4.14. The molecule has 2 N–H and O–H groups in total. The number of H-pyrrole nitrogens is 1. The summed E-state index contributed by atoms with van der Waals surface area (Å²) in [5.74, 6) is -1.72. The molecule has 27 heavy (non-hydrogen) atoms. The van der Waals surface area contributed by atoms with E-state index in [4.69, 9.17) is 21.1 Å². The lowest BCUT2D eigenvalue weighted by Crippen LogP contribution is -2.14. The number of alkyl halides is 1. The van der Waals surface area contributed by atoms with E-state index in [1.807, 2.05) is 0 Å². The van der Waals surface area contributed by atoms with Gasteiger partial charge >= 0.3 is 0 Å². The molecule has 0 saturated carbocycles. The zero-order valence-corrected chi connectivity index (χ0v) is 15.4. The maximum absolute atomic E-state index is 14.1. The Morgan fingerprint density at radius 3 is 2.78 bits per heavy atom. The van der Waals surface area contributed by atoms with Crippen LogP contribution >= 0.6 is 11.6 Å². The molecule has 0 aliphatic heterocycles. The molecule has 3 rings (SSSR count). The third-order valence-electron chi connectivity index (χ3n) is 3.42. The van der Waals surface area contributed by atoms with Gasteiger partial charge in [0.25, 0.3) is 15.9 Å². The van der Waals surface area contributed by atoms with Crippen LogP contribution in [0.1, 0.15) is 0 Å². The fourth-order valence-electron chi connectivity index (χ4n) is 2.30. The SMILES string of the molecule is COc1nc(OCCF)c(F)cc1NS(=O)(=O)c1c[nH]c2nc(Cl)ccc12. The average molecular weight is 419 g/mol. The van der Waals surface area contributed by atoms with Gasteiger partial charge in [0.2, 0.25) is 5.88 Å². The lowest BCUT2D eigenvalue weighted by Gasteiger charge is -2.13. The Morgan fingerprint density at radius 2 is 2.07 bits per heavy atom. The van der Waals surface area contributed by atoms with E-state index in [1.165, 1.54) is 25.4 Å². The average Bonchev–Trinajstić information content (AvgIpc) is 3.04. The lowest BCUT2D eigenvalue weighted by molar-refractivity contribution is 0.249. The molecular weight excluding hydrogens is 406 g/mol. The summed E-state index contributed by atoms with van der Waals surface area (Å²) in [7, 11) is -2.92. The second kappa shape index (κ2) is 7.53. The molecule has 0 unspecified atom stereocenters. The van der Waals surface area contributed by atoms with Crippen molar-refractivity contribution in [2.75, 3.05) is 25.1 Å². The highest BCUT2D eigenvalue weighted by Crippen LogP contribution is 2.31. The lowest BCUT2D eigenvalue weighted by atomic mass is 10.3. The summed E-state index contributed by atoms with van der Waals surface area (Å²) < 4.78 is 63.7. The molecule has 12 heteroatoms. The Labute approximate surface area is 157 Å². The van der Waals surface area contributed by atoms with Crippen molar-refractivity contribution < 1.29 is 26.7 Å². The van der Waals surface area contributed by atoms with Crippen molar-refractivity contribution in [1.82, 2.24) is 15.0 Å². The van der Waals surface area contributed by atoms with Crippen LogP contribution in [0.2, 0.25) is 5.15 Å². The normalized spacial score (nSPS) is 11.6. The minimum absolute atomic E-state index is 0.123. The number of aromatic nitrogens is 3. The molecule has 3 aromatic heterocycles. The number of nitrogens with one attached hydrogen (secondary N) is 2. The van der Waals surface area contributed by atoms with Crippen molar-refractivity contribution in [2.45, 2.75) is 4.90 Å². The molecule has 0 aliphatic rings. The molecule has 0 spiro atoms. The van der Waals surface area contributed by atoms with Crippen molar-refractivity contribution >= 4 is 38.3 Å². The van der Waals surface area contributed by atoms with Crippen molar-refractivity contribution in [3.63, 3.8) is 0 Å². The van der Waals surface area contributed by atoms with Crippen LogP contribution in [0.5, 0.6) is 11.8 Å². The van der Waals surface area contributed by atoms with Gasteiger partial charge in [-0.2, -0.15) is 4.98 Å². The van der Waals surface area contributed by atoms with Gasteiger partial charge in [0.1, 0.15) is 34.7 Å². The zero-order valence-electron chi connectivity index (χ0n) is 13.8. The van der Waals surface area contributed by atoms with Crippen molar-refractivity contribution in [1.29, 1.82) is 0 Å². The molecule has 8 nitrogen and oxygen atoms in total. The van der Waals surface area contributed by atoms with Gasteiger partial charge in [0, 0.05) is 17.6 Å². The molecule has 3 aromatic rings. The first-order valence-electron chi connectivity index (χ1n) is 7.45. The van der Waals surface area contributed by atoms with E-state index in [9.17, 15) is 17.2 Å². The van der Waals surface area contributed by atoms with E-state index in [0.717, 1.165) is 6.07 Å². The number of sulfonamides is 1. The number of halogens is 3. The largest absolute Gasteiger partial charge is 0.479 e. The molecule has 0 atom stereocenters. The van der Waals surface area contributed by atoms with E-state index < -0.39 is 35.0 Å². The monoisotopic (exact) mass is 418 g/mol. The number of pyridine rings is 2. The molecule has 144 valence electrons.